The predicted molar refractivity (Wildman–Crippen MR) is 87.2 cm³/mol. The topological polar surface area (TPSA) is 100 Å². The Morgan fingerprint density at radius 2 is 2.08 bits per heavy atom. The van der Waals surface area contributed by atoms with Crippen LogP contribution in [0.5, 0.6) is 5.75 Å². The van der Waals surface area contributed by atoms with Gasteiger partial charge in [0, 0.05) is 12.3 Å². The minimum absolute atomic E-state index is 0.178. The highest BCUT2D eigenvalue weighted by atomic mass is 35.5. The molecule has 0 bridgehead atoms. The van der Waals surface area contributed by atoms with Gasteiger partial charge in [0.15, 0.2) is 5.82 Å². The molecule has 2 aromatic heterocycles. The summed E-state index contributed by atoms with van der Waals surface area (Å²) < 4.78 is 29.1. The Kier molecular flexibility index (Phi) is 4.60. The van der Waals surface area contributed by atoms with Gasteiger partial charge in [0.2, 0.25) is 5.95 Å². The number of rotatable bonds is 5. The maximum atomic E-state index is 12.4. The summed E-state index contributed by atoms with van der Waals surface area (Å²) in [5, 5.41) is 12.5. The molecule has 0 amide bonds. The Balaban J connectivity index is 2.00. The number of carbonyl (C=O) groups is 1. The predicted octanol–water partition coefficient (Wildman–Crippen LogP) is 4.31. The van der Waals surface area contributed by atoms with E-state index in [1.54, 1.807) is 0 Å². The van der Waals surface area contributed by atoms with Crippen LogP contribution in [0.3, 0.4) is 0 Å². The van der Waals surface area contributed by atoms with Gasteiger partial charge in [-0.15, -0.1) is 0 Å². The van der Waals surface area contributed by atoms with E-state index in [0.29, 0.717) is 10.5 Å². The van der Waals surface area contributed by atoms with Crippen molar-refractivity contribution in [3.63, 3.8) is 0 Å². The van der Waals surface area contributed by atoms with Crippen molar-refractivity contribution in [1.29, 1.82) is 0 Å². The Bertz CT molecular complexity index is 965. The normalized spacial score (nSPS) is 11.1. The molecule has 0 aliphatic heterocycles. The fourth-order valence-corrected chi connectivity index (χ4v) is 2.50. The number of imidazole rings is 1. The first kappa shape index (κ1) is 17.2. The molecule has 3 rings (SSSR count). The number of H-pyrrole nitrogens is 1. The number of hydrogen-bond donors (Lipinski definition) is 3. The Labute approximate surface area is 148 Å². The van der Waals surface area contributed by atoms with Gasteiger partial charge in [-0.2, -0.15) is 8.78 Å². The van der Waals surface area contributed by atoms with E-state index in [0.717, 1.165) is 12.1 Å². The largest absolute Gasteiger partial charge is 0.478 e. The zero-order valence-electron chi connectivity index (χ0n) is 12.1. The lowest BCUT2D eigenvalue weighted by Gasteiger charge is -2.07. The summed E-state index contributed by atoms with van der Waals surface area (Å²) in [5.41, 5.74) is 0.0884. The van der Waals surface area contributed by atoms with Crippen molar-refractivity contribution in [1.82, 2.24) is 15.0 Å². The molecule has 0 spiro atoms. The first-order valence-electron chi connectivity index (χ1n) is 6.63. The van der Waals surface area contributed by atoms with Crippen molar-refractivity contribution in [3.05, 3.63) is 40.0 Å². The van der Waals surface area contributed by atoms with Crippen LogP contribution in [-0.4, -0.2) is 32.6 Å². The number of alkyl halides is 2. The average molecular weight is 389 g/mol. The van der Waals surface area contributed by atoms with E-state index in [-0.39, 0.29) is 22.3 Å². The molecule has 7 nitrogen and oxygen atoms in total. The number of aromatic amines is 1. The Morgan fingerprint density at radius 3 is 2.72 bits per heavy atom. The van der Waals surface area contributed by atoms with Crippen LogP contribution < -0.4 is 10.1 Å². The molecule has 0 saturated heterocycles. The molecule has 0 saturated carbocycles. The molecule has 0 radical (unpaired) electrons. The lowest BCUT2D eigenvalue weighted by atomic mass is 10.2. The van der Waals surface area contributed by atoms with E-state index in [4.69, 9.17) is 28.3 Å². The van der Waals surface area contributed by atoms with E-state index in [1.165, 1.54) is 12.3 Å². The number of anilines is 2. The summed E-state index contributed by atoms with van der Waals surface area (Å²) in [6.45, 7) is -3.16. The van der Waals surface area contributed by atoms with Crippen LogP contribution in [0, 0.1) is 0 Å². The van der Waals surface area contributed by atoms with E-state index in [9.17, 15) is 13.6 Å². The zero-order valence-corrected chi connectivity index (χ0v) is 13.6. The first-order valence-corrected chi connectivity index (χ1v) is 7.39. The molecule has 3 N–H and O–H groups in total. The third-order valence-electron chi connectivity index (χ3n) is 3.07. The van der Waals surface area contributed by atoms with E-state index in [2.05, 4.69) is 25.0 Å². The molecule has 0 unspecified atom stereocenters. The van der Waals surface area contributed by atoms with Crippen molar-refractivity contribution in [2.24, 2.45) is 0 Å². The number of nitrogens with one attached hydrogen (secondary N) is 2. The summed E-state index contributed by atoms with van der Waals surface area (Å²) >= 11 is 11.8. The molecule has 11 heteroatoms. The minimum Gasteiger partial charge on any atom is -0.478 e. The highest BCUT2D eigenvalue weighted by Gasteiger charge is 2.18. The first-order chi connectivity index (χ1) is 11.8. The van der Waals surface area contributed by atoms with Gasteiger partial charge in [-0.1, -0.05) is 23.2 Å². The summed E-state index contributed by atoms with van der Waals surface area (Å²) in [6.07, 6.45) is 1.37. The fourth-order valence-electron chi connectivity index (χ4n) is 2.08. The Hall–Kier alpha value is -2.65. The molecule has 0 aliphatic rings. The number of nitrogens with zero attached hydrogens (tertiary/aromatic N) is 2. The molecule has 0 fully saturated rings. The zero-order chi connectivity index (χ0) is 18.1. The van der Waals surface area contributed by atoms with Gasteiger partial charge in [0.05, 0.1) is 21.1 Å². The van der Waals surface area contributed by atoms with Crippen LogP contribution in [0.1, 0.15) is 10.4 Å². The molecule has 0 aliphatic carbocycles. The molecule has 0 atom stereocenters. The number of benzene rings is 1. The highest BCUT2D eigenvalue weighted by Crippen LogP contribution is 2.29. The molecule has 2 heterocycles. The van der Waals surface area contributed by atoms with Crippen molar-refractivity contribution < 1.29 is 23.4 Å². The van der Waals surface area contributed by atoms with Crippen LogP contribution in [-0.2, 0) is 0 Å². The van der Waals surface area contributed by atoms with E-state index < -0.39 is 23.9 Å². The highest BCUT2D eigenvalue weighted by molar-refractivity contribution is 6.36. The van der Waals surface area contributed by atoms with Gasteiger partial charge in [0.25, 0.3) is 0 Å². The number of aromatic nitrogens is 3. The van der Waals surface area contributed by atoms with Gasteiger partial charge < -0.3 is 20.1 Å². The lowest BCUT2D eigenvalue weighted by molar-refractivity contribution is -0.0502. The number of pyridine rings is 1. The monoisotopic (exact) mass is 388 g/mol. The number of hydrogen-bond acceptors (Lipinski definition) is 5. The van der Waals surface area contributed by atoms with Crippen molar-refractivity contribution >= 4 is 52.0 Å². The SMILES string of the molecule is O=C(O)c1cc2[nH]c(Nc3ncc(Cl)cc3Cl)nc2cc1OC(F)F. The number of aromatic carboxylic acids is 1. The van der Waals surface area contributed by atoms with Gasteiger partial charge in [-0.3, -0.25) is 0 Å². The molecule has 1 aromatic carbocycles. The van der Waals surface area contributed by atoms with Gasteiger partial charge in [0.1, 0.15) is 11.3 Å². The molecule has 3 aromatic rings. The van der Waals surface area contributed by atoms with Gasteiger partial charge in [-0.05, 0) is 12.1 Å². The molecule has 130 valence electrons. The van der Waals surface area contributed by atoms with Crippen LogP contribution in [0.4, 0.5) is 20.5 Å². The molecular weight excluding hydrogens is 381 g/mol. The molecule has 25 heavy (non-hydrogen) atoms. The van der Waals surface area contributed by atoms with Crippen LogP contribution in [0.25, 0.3) is 11.0 Å². The van der Waals surface area contributed by atoms with Crippen molar-refractivity contribution in [2.45, 2.75) is 6.61 Å². The summed E-state index contributed by atoms with van der Waals surface area (Å²) in [6, 6.07) is 3.71. The fraction of sp³-hybridized carbons (Fsp3) is 0.0714. The van der Waals surface area contributed by atoms with Crippen molar-refractivity contribution in [2.75, 3.05) is 5.32 Å². The maximum Gasteiger partial charge on any atom is 0.387 e. The average Bonchev–Trinajstić information content (AvgIpc) is 2.90. The Morgan fingerprint density at radius 1 is 1.32 bits per heavy atom. The minimum atomic E-state index is -3.16. The maximum absolute atomic E-state index is 12.4. The summed E-state index contributed by atoms with van der Waals surface area (Å²) in [5.74, 6) is -1.47. The summed E-state index contributed by atoms with van der Waals surface area (Å²) in [7, 11) is 0. The number of carboxylic acids is 1. The van der Waals surface area contributed by atoms with Crippen LogP contribution in [0.15, 0.2) is 24.4 Å². The third-order valence-corrected chi connectivity index (χ3v) is 3.57. The number of fused-ring (bicyclic) bond motifs is 1. The number of halogens is 4. The second-order valence-corrected chi connectivity index (χ2v) is 5.59. The van der Waals surface area contributed by atoms with E-state index >= 15 is 0 Å². The second-order valence-electron chi connectivity index (χ2n) is 4.74. The van der Waals surface area contributed by atoms with E-state index in [1.807, 2.05) is 0 Å². The molecular formula is C14H8Cl2F2N4O3. The smallest absolute Gasteiger partial charge is 0.387 e. The van der Waals surface area contributed by atoms with Crippen LogP contribution in [0.2, 0.25) is 10.0 Å². The third kappa shape index (κ3) is 3.72. The van der Waals surface area contributed by atoms with Gasteiger partial charge in [-0.25, -0.2) is 14.8 Å². The number of carboxylic acid groups (broad SMARTS) is 1. The quantitative estimate of drug-likeness (QED) is 0.602. The van der Waals surface area contributed by atoms with Crippen molar-refractivity contribution in [3.8, 4) is 5.75 Å². The lowest BCUT2D eigenvalue weighted by Crippen LogP contribution is -2.07. The standard InChI is InChI=1S/C14H8Cl2F2N4O3/c15-5-1-7(16)11(19-4-5)22-14-20-8-2-6(12(23)24)10(25-13(17)18)3-9(8)21-14/h1-4,13H,(H,23,24)(H2,19,20,21,22). The van der Waals surface area contributed by atoms with Crippen LogP contribution >= 0.6 is 23.2 Å². The second kappa shape index (κ2) is 6.69. The summed E-state index contributed by atoms with van der Waals surface area (Å²) in [4.78, 5) is 22.1. The number of ether oxygens (including phenoxy) is 1. The van der Waals surface area contributed by atoms with Gasteiger partial charge >= 0.3 is 12.6 Å².